The van der Waals surface area contributed by atoms with Gasteiger partial charge in [-0.3, -0.25) is 9.36 Å². The molecule has 214 valence electrons. The van der Waals surface area contributed by atoms with Crippen LogP contribution in [0.2, 0.25) is 0 Å². The van der Waals surface area contributed by atoms with Crippen LogP contribution < -0.4 is 14.9 Å². The van der Waals surface area contributed by atoms with Gasteiger partial charge < -0.3 is 9.30 Å². The van der Waals surface area contributed by atoms with Crippen molar-refractivity contribution in [2.24, 2.45) is 4.99 Å². The SMILES string of the molecule is CCOC(=O)C1=C(C)N=c2s/c(=C/c3cn(Cc4ccccc4C#N)c4ccccc34)c(=O)n2[C@H]1c1ccc(SC)cc1. The minimum absolute atomic E-state index is 0.219. The number of benzene rings is 3. The zero-order valence-corrected chi connectivity index (χ0v) is 25.5. The van der Waals surface area contributed by atoms with Crippen LogP contribution in [0.5, 0.6) is 0 Å². The molecule has 0 fully saturated rings. The van der Waals surface area contributed by atoms with Gasteiger partial charge in [0.05, 0.1) is 40.1 Å². The highest BCUT2D eigenvalue weighted by Gasteiger charge is 2.33. The van der Waals surface area contributed by atoms with Gasteiger partial charge in [0, 0.05) is 34.1 Å². The number of hydrogen-bond donors (Lipinski definition) is 0. The van der Waals surface area contributed by atoms with E-state index < -0.39 is 12.0 Å². The van der Waals surface area contributed by atoms with Gasteiger partial charge in [-0.25, -0.2) is 9.79 Å². The molecule has 9 heteroatoms. The summed E-state index contributed by atoms with van der Waals surface area (Å²) in [6.45, 7) is 4.30. The van der Waals surface area contributed by atoms with Gasteiger partial charge >= 0.3 is 5.97 Å². The van der Waals surface area contributed by atoms with Crippen LogP contribution in [0.15, 0.2) is 105 Å². The third-order valence-electron chi connectivity index (χ3n) is 7.53. The van der Waals surface area contributed by atoms with Crippen LogP contribution >= 0.6 is 23.1 Å². The lowest BCUT2D eigenvalue weighted by molar-refractivity contribution is -0.139. The topological polar surface area (TPSA) is 89.4 Å². The van der Waals surface area contributed by atoms with E-state index in [0.29, 0.717) is 32.7 Å². The van der Waals surface area contributed by atoms with Gasteiger partial charge in [0.1, 0.15) is 0 Å². The van der Waals surface area contributed by atoms with Gasteiger partial charge in [-0.15, -0.1) is 11.8 Å². The van der Waals surface area contributed by atoms with E-state index in [1.54, 1.807) is 30.2 Å². The molecule has 0 amide bonds. The molecule has 43 heavy (non-hydrogen) atoms. The van der Waals surface area contributed by atoms with Crippen LogP contribution in [0.3, 0.4) is 0 Å². The highest BCUT2D eigenvalue weighted by Crippen LogP contribution is 2.32. The third-order valence-corrected chi connectivity index (χ3v) is 9.26. The Labute approximate surface area is 256 Å². The average Bonchev–Trinajstić information content (AvgIpc) is 3.53. The molecule has 0 N–H and O–H groups in total. The molecule has 1 aliphatic rings. The molecule has 3 heterocycles. The van der Waals surface area contributed by atoms with Crippen LogP contribution in [-0.4, -0.2) is 28.0 Å². The van der Waals surface area contributed by atoms with Crippen molar-refractivity contribution in [2.75, 3.05) is 12.9 Å². The molecular weight excluding hydrogens is 577 g/mol. The molecule has 0 aliphatic carbocycles. The van der Waals surface area contributed by atoms with E-state index in [9.17, 15) is 14.9 Å². The number of carbonyl (C=O) groups excluding carboxylic acids is 1. The molecular formula is C34H28N4O3S2. The van der Waals surface area contributed by atoms with Gasteiger partial charge in [-0.05, 0) is 61.6 Å². The molecule has 0 saturated carbocycles. The zero-order chi connectivity index (χ0) is 30.1. The van der Waals surface area contributed by atoms with Crippen molar-refractivity contribution in [3.63, 3.8) is 0 Å². The molecule has 0 unspecified atom stereocenters. The number of rotatable bonds is 7. The van der Waals surface area contributed by atoms with Gasteiger partial charge in [-0.1, -0.05) is 59.9 Å². The second-order valence-electron chi connectivity index (χ2n) is 10.1. The largest absolute Gasteiger partial charge is 0.463 e. The molecule has 2 aromatic heterocycles. The summed E-state index contributed by atoms with van der Waals surface area (Å²) in [6.07, 6.45) is 5.92. The first-order chi connectivity index (χ1) is 20.9. The zero-order valence-electron chi connectivity index (χ0n) is 23.9. The number of para-hydroxylation sites is 1. The first-order valence-corrected chi connectivity index (χ1v) is 15.9. The Kier molecular flexibility index (Phi) is 7.89. The minimum atomic E-state index is -0.655. The molecule has 1 atom stereocenters. The molecule has 6 rings (SSSR count). The molecule has 0 radical (unpaired) electrons. The van der Waals surface area contributed by atoms with Crippen molar-refractivity contribution in [1.29, 1.82) is 5.26 Å². The quantitative estimate of drug-likeness (QED) is 0.184. The van der Waals surface area contributed by atoms with Crippen molar-refractivity contribution >= 4 is 46.0 Å². The molecule has 7 nitrogen and oxygen atoms in total. The number of carbonyl (C=O) groups is 1. The predicted octanol–water partition coefficient (Wildman–Crippen LogP) is 5.39. The number of hydrogen-bond acceptors (Lipinski definition) is 7. The summed E-state index contributed by atoms with van der Waals surface area (Å²) < 4.78 is 9.66. The van der Waals surface area contributed by atoms with Gasteiger partial charge in [0.2, 0.25) is 0 Å². The summed E-state index contributed by atoms with van der Waals surface area (Å²) in [5.74, 6) is -0.474. The fourth-order valence-electron chi connectivity index (χ4n) is 5.51. The van der Waals surface area contributed by atoms with E-state index in [1.807, 2.05) is 91.3 Å². The number of nitrogens with zero attached hydrogens (tertiary/aromatic N) is 4. The van der Waals surface area contributed by atoms with Crippen molar-refractivity contribution in [3.8, 4) is 6.07 Å². The summed E-state index contributed by atoms with van der Waals surface area (Å²) in [5, 5.41) is 10.6. The second-order valence-corrected chi connectivity index (χ2v) is 12.0. The maximum absolute atomic E-state index is 14.1. The second kappa shape index (κ2) is 11.9. The van der Waals surface area contributed by atoms with Crippen LogP contribution in [0, 0.1) is 11.3 Å². The number of thioether (sulfide) groups is 1. The first-order valence-electron chi connectivity index (χ1n) is 13.8. The monoisotopic (exact) mass is 604 g/mol. The Morgan fingerprint density at radius 3 is 2.60 bits per heavy atom. The van der Waals surface area contributed by atoms with E-state index in [-0.39, 0.29) is 12.2 Å². The highest BCUT2D eigenvalue weighted by atomic mass is 32.2. The van der Waals surface area contributed by atoms with E-state index >= 15 is 0 Å². The number of thiazole rings is 1. The average molecular weight is 605 g/mol. The van der Waals surface area contributed by atoms with E-state index in [4.69, 9.17) is 9.73 Å². The Bertz CT molecular complexity index is 2130. The van der Waals surface area contributed by atoms with Crippen LogP contribution in [0.25, 0.3) is 17.0 Å². The molecule has 0 bridgehead atoms. The molecule has 0 spiro atoms. The van der Waals surface area contributed by atoms with Gasteiger partial charge in [0.15, 0.2) is 4.80 Å². The standard InChI is InChI=1S/C34H28N4O3S2/c1-4-41-33(40)30-21(2)36-34-38(31(30)22-13-15-26(42-3)16-14-22)32(39)29(43-34)17-25-20-37(28-12-8-7-11-27(25)28)19-24-10-6-5-9-23(24)18-35/h5-17,20,31H,4,19H2,1-3H3/b29-17+/t31-/m0/s1. The number of ether oxygens (including phenoxy) is 1. The van der Waals surface area contributed by atoms with Gasteiger partial charge in [-0.2, -0.15) is 5.26 Å². The Morgan fingerprint density at radius 2 is 1.86 bits per heavy atom. The highest BCUT2D eigenvalue weighted by molar-refractivity contribution is 7.98. The van der Waals surface area contributed by atoms with Crippen LogP contribution in [0.1, 0.15) is 42.1 Å². The number of allylic oxidation sites excluding steroid dienone is 1. The fourth-order valence-corrected chi connectivity index (χ4v) is 6.95. The van der Waals surface area contributed by atoms with Crippen LogP contribution in [-0.2, 0) is 16.1 Å². The fraction of sp³-hybridized carbons (Fsp3) is 0.176. The number of fused-ring (bicyclic) bond motifs is 2. The van der Waals surface area contributed by atoms with Gasteiger partial charge in [0.25, 0.3) is 5.56 Å². The lowest BCUT2D eigenvalue weighted by Crippen LogP contribution is -2.39. The first kappa shape index (κ1) is 28.5. The minimum Gasteiger partial charge on any atom is -0.463 e. The summed E-state index contributed by atoms with van der Waals surface area (Å²) in [6, 6.07) is 25.1. The normalized spacial score (nSPS) is 14.8. The number of esters is 1. The lowest BCUT2D eigenvalue weighted by atomic mass is 9.96. The van der Waals surface area contributed by atoms with E-state index in [0.717, 1.165) is 32.5 Å². The predicted molar refractivity (Wildman–Crippen MR) is 171 cm³/mol. The van der Waals surface area contributed by atoms with Crippen molar-refractivity contribution in [3.05, 3.63) is 132 Å². The summed E-state index contributed by atoms with van der Waals surface area (Å²) in [7, 11) is 0. The van der Waals surface area contributed by atoms with E-state index in [2.05, 4.69) is 10.6 Å². The Balaban J connectivity index is 1.51. The maximum atomic E-state index is 14.1. The molecule has 1 aliphatic heterocycles. The Morgan fingerprint density at radius 1 is 1.12 bits per heavy atom. The third kappa shape index (κ3) is 5.24. The lowest BCUT2D eigenvalue weighted by Gasteiger charge is -2.24. The Hall–Kier alpha value is -4.65. The summed E-state index contributed by atoms with van der Waals surface area (Å²) in [4.78, 5) is 33.7. The molecule has 3 aromatic carbocycles. The van der Waals surface area contributed by atoms with Crippen LogP contribution in [0.4, 0.5) is 0 Å². The molecule has 5 aromatic rings. The summed E-state index contributed by atoms with van der Waals surface area (Å²) in [5.41, 5.74) is 4.95. The van der Waals surface area contributed by atoms with Crippen molar-refractivity contribution < 1.29 is 9.53 Å². The summed E-state index contributed by atoms with van der Waals surface area (Å²) >= 11 is 2.93. The number of nitriles is 1. The molecule has 0 saturated heterocycles. The number of aromatic nitrogens is 2. The van der Waals surface area contributed by atoms with Crippen molar-refractivity contribution in [2.45, 2.75) is 31.3 Å². The van der Waals surface area contributed by atoms with Crippen molar-refractivity contribution in [1.82, 2.24) is 9.13 Å². The van der Waals surface area contributed by atoms with E-state index in [1.165, 1.54) is 11.3 Å². The maximum Gasteiger partial charge on any atom is 0.338 e. The smallest absolute Gasteiger partial charge is 0.338 e.